The molecule has 0 amide bonds. The number of phosphoric acid groups is 1. The summed E-state index contributed by atoms with van der Waals surface area (Å²) in [6.45, 7) is 1.57. The predicted octanol–water partition coefficient (Wildman–Crippen LogP) is 1.60. The Bertz CT molecular complexity index is 147. The molecule has 0 aromatic rings. The largest absolute Gasteiger partial charge is 0.469 e. The summed E-state index contributed by atoms with van der Waals surface area (Å²) in [4.78, 5) is 16.5. The smallest absolute Gasteiger partial charge is 0.303 e. The lowest BCUT2D eigenvalue weighted by molar-refractivity contribution is 0.197. The molecule has 0 aliphatic rings. The number of hydrogen-bond donors (Lipinski definition) is 2. The molecule has 0 aromatic carbocycles. The van der Waals surface area contributed by atoms with Crippen LogP contribution in [0.25, 0.3) is 0 Å². The van der Waals surface area contributed by atoms with Gasteiger partial charge in [-0.3, -0.25) is 4.52 Å². The summed E-state index contributed by atoms with van der Waals surface area (Å²) >= 11 is 6.16. The van der Waals surface area contributed by atoms with E-state index < -0.39 is 11.1 Å². The Morgan fingerprint density at radius 3 is 2.10 bits per heavy atom. The van der Waals surface area contributed by atoms with Gasteiger partial charge in [0.1, 0.15) is 3.23 Å². The Morgan fingerprint density at radius 2 is 2.00 bits per heavy atom. The van der Waals surface area contributed by atoms with Crippen molar-refractivity contribution < 1.29 is 18.9 Å². The predicted molar refractivity (Wildman–Crippen MR) is 44.3 cm³/mol. The fourth-order valence-electron chi connectivity index (χ4n) is 0.197. The van der Waals surface area contributed by atoms with E-state index in [1.165, 1.54) is 0 Å². The van der Waals surface area contributed by atoms with Gasteiger partial charge < -0.3 is 9.79 Å². The van der Waals surface area contributed by atoms with Crippen LogP contribution in [0.2, 0.25) is 0 Å². The molecule has 7 heteroatoms. The number of alkyl halides is 2. The van der Waals surface area contributed by atoms with Gasteiger partial charge in [0, 0.05) is 0 Å². The van der Waals surface area contributed by atoms with E-state index in [2.05, 4.69) is 36.4 Å². The molecule has 0 unspecified atom stereocenters. The highest BCUT2D eigenvalue weighted by atomic mass is 79.9. The minimum atomic E-state index is -4.32. The van der Waals surface area contributed by atoms with Crippen LogP contribution >= 0.6 is 39.7 Å². The minimum absolute atomic E-state index is 0.0999. The molecular weight excluding hydrogens is 291 g/mol. The Balaban J connectivity index is 3.67. The molecule has 0 rings (SSSR count). The molecule has 0 aliphatic heterocycles. The van der Waals surface area contributed by atoms with Crippen LogP contribution in [0.1, 0.15) is 6.92 Å². The zero-order chi connectivity index (χ0) is 8.41. The maximum absolute atomic E-state index is 10.1. The van der Waals surface area contributed by atoms with Crippen LogP contribution in [-0.4, -0.2) is 19.6 Å². The van der Waals surface area contributed by atoms with E-state index in [9.17, 15) is 4.57 Å². The van der Waals surface area contributed by atoms with Gasteiger partial charge in [0.05, 0.1) is 6.61 Å². The van der Waals surface area contributed by atoms with Crippen molar-refractivity contribution in [3.05, 3.63) is 0 Å². The summed E-state index contributed by atoms with van der Waals surface area (Å²) in [6, 6.07) is 0. The van der Waals surface area contributed by atoms with Crippen molar-refractivity contribution in [1.82, 2.24) is 0 Å². The third kappa shape index (κ3) is 9.07. The van der Waals surface area contributed by atoms with Gasteiger partial charge in [-0.25, -0.2) is 4.57 Å². The minimum Gasteiger partial charge on any atom is -0.303 e. The SMILES string of the molecule is CC(Br)(Br)COP(=O)(O)O. The maximum Gasteiger partial charge on any atom is 0.469 e. The zero-order valence-electron chi connectivity index (χ0n) is 5.12. The summed E-state index contributed by atoms with van der Waals surface area (Å²) in [6.07, 6.45) is 0. The van der Waals surface area contributed by atoms with Crippen LogP contribution < -0.4 is 0 Å². The highest BCUT2D eigenvalue weighted by Gasteiger charge is 2.22. The lowest BCUT2D eigenvalue weighted by Gasteiger charge is -2.13. The van der Waals surface area contributed by atoms with E-state index >= 15 is 0 Å². The molecule has 4 nitrogen and oxygen atoms in total. The molecule has 0 saturated carbocycles. The zero-order valence-corrected chi connectivity index (χ0v) is 9.19. The van der Waals surface area contributed by atoms with Crippen molar-refractivity contribution in [1.29, 1.82) is 0 Å². The summed E-state index contributed by atoms with van der Waals surface area (Å²) in [5, 5.41) is 0. The van der Waals surface area contributed by atoms with E-state index in [1.54, 1.807) is 6.92 Å². The second-order valence-electron chi connectivity index (χ2n) is 1.83. The van der Waals surface area contributed by atoms with Crippen molar-refractivity contribution in [3.8, 4) is 0 Å². The molecule has 0 aliphatic carbocycles. The number of phosphoric ester groups is 1. The fraction of sp³-hybridized carbons (Fsp3) is 1.00. The monoisotopic (exact) mass is 296 g/mol. The number of hydrogen-bond acceptors (Lipinski definition) is 2. The lowest BCUT2D eigenvalue weighted by atomic mass is 10.5. The topological polar surface area (TPSA) is 66.8 Å². The molecule has 0 fully saturated rings. The quantitative estimate of drug-likeness (QED) is 0.613. The van der Waals surface area contributed by atoms with Gasteiger partial charge >= 0.3 is 7.82 Å². The fourth-order valence-corrected chi connectivity index (χ4v) is 1.21. The van der Waals surface area contributed by atoms with Gasteiger partial charge in [0.15, 0.2) is 0 Å². The van der Waals surface area contributed by atoms with Crippen LogP contribution in [0.5, 0.6) is 0 Å². The normalized spacial score (nSPS) is 13.7. The first-order valence-electron chi connectivity index (χ1n) is 2.29. The van der Waals surface area contributed by atoms with Crippen molar-refractivity contribution in [2.24, 2.45) is 0 Å². The third-order valence-electron chi connectivity index (χ3n) is 0.486. The maximum atomic E-state index is 10.1. The molecule has 0 radical (unpaired) electrons. The van der Waals surface area contributed by atoms with Gasteiger partial charge in [-0.15, -0.1) is 0 Å². The van der Waals surface area contributed by atoms with Gasteiger partial charge in [-0.05, 0) is 6.92 Å². The average molecular weight is 298 g/mol. The summed E-state index contributed by atoms with van der Waals surface area (Å²) in [7, 11) is -4.32. The Morgan fingerprint density at radius 1 is 1.60 bits per heavy atom. The Labute approximate surface area is 75.5 Å². The highest BCUT2D eigenvalue weighted by Crippen LogP contribution is 2.39. The molecule has 62 valence electrons. The molecule has 0 atom stereocenters. The Hall–Kier alpha value is 1.07. The standard InChI is InChI=1S/C3H7Br2O4P/c1-3(4,5)2-9-10(6,7)8/h2H2,1H3,(H2,6,7,8). The summed E-state index contributed by atoms with van der Waals surface area (Å²) < 4.78 is 13.7. The van der Waals surface area contributed by atoms with Gasteiger partial charge in [-0.2, -0.15) is 0 Å². The van der Waals surface area contributed by atoms with Crippen molar-refractivity contribution in [2.75, 3.05) is 6.61 Å². The second kappa shape index (κ2) is 3.65. The first-order chi connectivity index (χ1) is 4.21. The molecule has 0 bridgehead atoms. The van der Waals surface area contributed by atoms with E-state index in [0.29, 0.717) is 0 Å². The number of rotatable bonds is 3. The molecule has 0 aromatic heterocycles. The third-order valence-corrected chi connectivity index (χ3v) is 1.41. The molecule has 10 heavy (non-hydrogen) atoms. The van der Waals surface area contributed by atoms with Crippen LogP contribution in [0.15, 0.2) is 0 Å². The second-order valence-corrected chi connectivity index (χ2v) is 7.64. The van der Waals surface area contributed by atoms with Gasteiger partial charge in [0.2, 0.25) is 0 Å². The van der Waals surface area contributed by atoms with E-state index in [-0.39, 0.29) is 6.61 Å². The van der Waals surface area contributed by atoms with Gasteiger partial charge in [0.25, 0.3) is 0 Å². The van der Waals surface area contributed by atoms with Crippen molar-refractivity contribution in [3.63, 3.8) is 0 Å². The van der Waals surface area contributed by atoms with Crippen molar-refractivity contribution in [2.45, 2.75) is 10.2 Å². The van der Waals surface area contributed by atoms with E-state index in [0.717, 1.165) is 0 Å². The van der Waals surface area contributed by atoms with Crippen LogP contribution in [0.4, 0.5) is 0 Å². The van der Waals surface area contributed by atoms with Crippen molar-refractivity contribution >= 4 is 39.7 Å². The molecular formula is C3H7Br2O4P. The molecule has 0 saturated heterocycles. The number of halogens is 2. The first kappa shape index (κ1) is 11.1. The van der Waals surface area contributed by atoms with E-state index in [4.69, 9.17) is 9.79 Å². The van der Waals surface area contributed by atoms with Crippen LogP contribution in [0.3, 0.4) is 0 Å². The summed E-state index contributed by atoms with van der Waals surface area (Å²) in [5.74, 6) is 0. The lowest BCUT2D eigenvalue weighted by Crippen LogP contribution is -2.13. The van der Waals surface area contributed by atoms with Crippen LogP contribution in [-0.2, 0) is 9.09 Å². The summed E-state index contributed by atoms with van der Waals surface area (Å²) in [5.41, 5.74) is 0. The van der Waals surface area contributed by atoms with Crippen LogP contribution in [0, 0.1) is 0 Å². The highest BCUT2D eigenvalue weighted by molar-refractivity contribution is 9.25. The molecule has 0 spiro atoms. The molecule has 0 heterocycles. The average Bonchev–Trinajstić information content (AvgIpc) is 1.57. The van der Waals surface area contributed by atoms with Gasteiger partial charge in [-0.1, -0.05) is 31.9 Å². The first-order valence-corrected chi connectivity index (χ1v) is 5.40. The Kier molecular flexibility index (Phi) is 4.04. The molecule has 2 N–H and O–H groups in total. The van der Waals surface area contributed by atoms with E-state index in [1.807, 2.05) is 0 Å².